The van der Waals surface area contributed by atoms with Crippen molar-refractivity contribution in [2.24, 2.45) is 0 Å². The van der Waals surface area contributed by atoms with Gasteiger partial charge in [-0.3, -0.25) is 4.79 Å². The van der Waals surface area contributed by atoms with Gasteiger partial charge in [-0.2, -0.15) is 5.10 Å². The smallest absolute Gasteiger partial charge is 0.218 e. The predicted molar refractivity (Wildman–Crippen MR) is 37.5 cm³/mol. The van der Waals surface area contributed by atoms with Crippen LogP contribution in [0.15, 0.2) is 10.9 Å². The van der Waals surface area contributed by atoms with Crippen LogP contribution in [0.2, 0.25) is 0 Å². The molecule has 0 saturated heterocycles. The van der Waals surface area contributed by atoms with Crippen LogP contribution in [0.4, 0.5) is 0 Å². The second kappa shape index (κ2) is 2.83. The molecule has 0 atom stereocenters. The molecule has 1 heterocycles. The number of hydrogen-bond donors (Lipinski definition) is 0. The molecule has 0 aliphatic heterocycles. The third-order valence-corrected chi connectivity index (χ3v) is 1.23. The molecular weight excluding hydrogens is 198 g/mol. The van der Waals surface area contributed by atoms with E-state index in [9.17, 15) is 4.79 Å². The monoisotopic (exact) mass is 201 g/mol. The summed E-state index contributed by atoms with van der Waals surface area (Å²) in [5, 5.41) is 7.05. The quantitative estimate of drug-likeness (QED) is 0.633. The van der Waals surface area contributed by atoms with E-state index in [1.54, 1.807) is 0 Å². The van der Waals surface area contributed by atoms with Crippen molar-refractivity contribution in [1.29, 1.82) is 0 Å². The van der Waals surface area contributed by atoms with Gasteiger partial charge in [-0.25, -0.2) is 4.98 Å². The number of rotatable bonds is 1. The topological polar surface area (TPSA) is 55.7 Å². The van der Waals surface area contributed by atoms with Gasteiger partial charge in [-0.05, 0) is 15.9 Å². The molecule has 0 aromatic carbocycles. The van der Waals surface area contributed by atoms with E-state index in [2.05, 4.69) is 31.1 Å². The molecule has 1 aromatic rings. The molecule has 0 aliphatic rings. The van der Waals surface area contributed by atoms with Gasteiger partial charge in [0.1, 0.15) is 5.69 Å². The zero-order chi connectivity index (χ0) is 7.56. The van der Waals surface area contributed by atoms with Gasteiger partial charge in [0, 0.05) is 6.92 Å². The molecule has 0 radical (unpaired) electrons. The third kappa shape index (κ3) is 1.57. The summed E-state index contributed by atoms with van der Waals surface area (Å²) in [6.45, 7) is 1.43. The van der Waals surface area contributed by atoms with Crippen molar-refractivity contribution < 1.29 is 4.79 Å². The Balaban J connectivity index is 3.07. The SMILES string of the molecule is CC(=O)c1cnnc(Br)n1. The maximum Gasteiger partial charge on any atom is 0.218 e. The van der Waals surface area contributed by atoms with E-state index < -0.39 is 0 Å². The van der Waals surface area contributed by atoms with Gasteiger partial charge in [0.2, 0.25) is 4.73 Å². The van der Waals surface area contributed by atoms with Crippen molar-refractivity contribution >= 4 is 21.7 Å². The summed E-state index contributed by atoms with van der Waals surface area (Å²) in [5.74, 6) is -0.115. The Labute approximate surface area is 65.8 Å². The Morgan fingerprint density at radius 2 is 2.40 bits per heavy atom. The number of Topliss-reactive ketones (excluding diaryl/α,β-unsaturated/α-hetero) is 1. The van der Waals surface area contributed by atoms with E-state index in [1.807, 2.05) is 0 Å². The van der Waals surface area contributed by atoms with Crippen LogP contribution in [0.25, 0.3) is 0 Å². The molecule has 5 heteroatoms. The molecule has 0 amide bonds. The fraction of sp³-hybridized carbons (Fsp3) is 0.200. The predicted octanol–water partition coefficient (Wildman–Crippen LogP) is 0.837. The highest BCUT2D eigenvalue weighted by molar-refractivity contribution is 9.10. The normalized spacial score (nSPS) is 9.40. The minimum atomic E-state index is -0.115. The maximum absolute atomic E-state index is 10.6. The number of ketones is 1. The van der Waals surface area contributed by atoms with Crippen LogP contribution in [-0.2, 0) is 0 Å². The molecule has 4 nitrogen and oxygen atoms in total. The second-order valence-electron chi connectivity index (χ2n) is 1.67. The van der Waals surface area contributed by atoms with Crippen LogP contribution in [0.5, 0.6) is 0 Å². The summed E-state index contributed by atoms with van der Waals surface area (Å²) in [5.41, 5.74) is 0.321. The van der Waals surface area contributed by atoms with Gasteiger partial charge < -0.3 is 0 Å². The molecule has 1 aromatic heterocycles. The largest absolute Gasteiger partial charge is 0.293 e. The summed E-state index contributed by atoms with van der Waals surface area (Å²) in [4.78, 5) is 14.4. The van der Waals surface area contributed by atoms with Crippen molar-refractivity contribution in [3.8, 4) is 0 Å². The average Bonchev–Trinajstić information content (AvgIpc) is 1.88. The fourth-order valence-corrected chi connectivity index (χ4v) is 0.734. The van der Waals surface area contributed by atoms with Gasteiger partial charge in [-0.1, -0.05) is 0 Å². The van der Waals surface area contributed by atoms with Gasteiger partial charge in [-0.15, -0.1) is 5.10 Å². The minimum absolute atomic E-state index is 0.115. The number of hydrogen-bond acceptors (Lipinski definition) is 4. The van der Waals surface area contributed by atoms with Crippen LogP contribution in [-0.4, -0.2) is 21.0 Å². The molecular formula is C5H4BrN3O. The van der Waals surface area contributed by atoms with Crippen LogP contribution >= 0.6 is 15.9 Å². The van der Waals surface area contributed by atoms with Crippen molar-refractivity contribution in [3.05, 3.63) is 16.6 Å². The van der Waals surface area contributed by atoms with E-state index in [0.717, 1.165) is 0 Å². The Bertz CT molecular complexity index is 263. The average molecular weight is 202 g/mol. The van der Waals surface area contributed by atoms with Crippen molar-refractivity contribution in [2.75, 3.05) is 0 Å². The van der Waals surface area contributed by atoms with Crippen LogP contribution in [0.1, 0.15) is 17.4 Å². The van der Waals surface area contributed by atoms with Crippen molar-refractivity contribution in [1.82, 2.24) is 15.2 Å². The Kier molecular flexibility index (Phi) is 2.06. The number of nitrogens with zero attached hydrogens (tertiary/aromatic N) is 3. The van der Waals surface area contributed by atoms with E-state index in [-0.39, 0.29) is 5.78 Å². The molecule has 0 aliphatic carbocycles. The summed E-state index contributed by atoms with van der Waals surface area (Å²) >= 11 is 2.99. The molecule has 0 unspecified atom stereocenters. The van der Waals surface area contributed by atoms with Crippen molar-refractivity contribution in [2.45, 2.75) is 6.92 Å². The van der Waals surface area contributed by atoms with Gasteiger partial charge in [0.05, 0.1) is 6.20 Å². The molecule has 0 bridgehead atoms. The number of aromatic nitrogens is 3. The first-order chi connectivity index (χ1) is 4.70. The van der Waals surface area contributed by atoms with Crippen LogP contribution in [0, 0.1) is 0 Å². The van der Waals surface area contributed by atoms with E-state index >= 15 is 0 Å². The zero-order valence-electron chi connectivity index (χ0n) is 5.21. The fourth-order valence-electron chi connectivity index (χ4n) is 0.451. The third-order valence-electron chi connectivity index (χ3n) is 0.894. The lowest BCUT2D eigenvalue weighted by Gasteiger charge is -1.90. The highest BCUT2D eigenvalue weighted by atomic mass is 79.9. The molecule has 0 N–H and O–H groups in total. The lowest BCUT2D eigenvalue weighted by molar-refractivity contribution is 0.101. The Hall–Kier alpha value is -0.840. The maximum atomic E-state index is 10.6. The molecule has 0 fully saturated rings. The highest BCUT2D eigenvalue weighted by Gasteiger charge is 2.00. The summed E-state index contributed by atoms with van der Waals surface area (Å²) < 4.78 is 0.334. The standard InChI is InChI=1S/C5H4BrN3O/c1-3(10)4-2-7-9-5(6)8-4/h2H,1H3. The summed E-state index contributed by atoms with van der Waals surface area (Å²) in [7, 11) is 0. The summed E-state index contributed by atoms with van der Waals surface area (Å²) in [6.07, 6.45) is 1.33. The summed E-state index contributed by atoms with van der Waals surface area (Å²) in [6, 6.07) is 0. The Morgan fingerprint density at radius 3 is 2.80 bits per heavy atom. The minimum Gasteiger partial charge on any atom is -0.293 e. The van der Waals surface area contributed by atoms with E-state index in [4.69, 9.17) is 0 Å². The Morgan fingerprint density at radius 1 is 1.70 bits per heavy atom. The molecule has 0 spiro atoms. The van der Waals surface area contributed by atoms with E-state index in [0.29, 0.717) is 10.4 Å². The molecule has 1 rings (SSSR count). The lowest BCUT2D eigenvalue weighted by Crippen LogP contribution is -1.99. The molecule has 0 saturated carbocycles. The highest BCUT2D eigenvalue weighted by Crippen LogP contribution is 1.99. The van der Waals surface area contributed by atoms with Crippen molar-refractivity contribution in [3.63, 3.8) is 0 Å². The van der Waals surface area contributed by atoms with Gasteiger partial charge in [0.25, 0.3) is 0 Å². The lowest BCUT2D eigenvalue weighted by atomic mass is 10.3. The number of carbonyl (C=O) groups is 1. The van der Waals surface area contributed by atoms with Crippen LogP contribution in [0.3, 0.4) is 0 Å². The first-order valence-corrected chi connectivity index (χ1v) is 3.35. The molecule has 10 heavy (non-hydrogen) atoms. The van der Waals surface area contributed by atoms with Gasteiger partial charge in [0.15, 0.2) is 5.78 Å². The first kappa shape index (κ1) is 7.27. The number of halogens is 1. The van der Waals surface area contributed by atoms with E-state index in [1.165, 1.54) is 13.1 Å². The van der Waals surface area contributed by atoms with Gasteiger partial charge >= 0.3 is 0 Å². The molecule has 52 valence electrons. The second-order valence-corrected chi connectivity index (χ2v) is 2.38. The zero-order valence-corrected chi connectivity index (χ0v) is 6.79. The first-order valence-electron chi connectivity index (χ1n) is 2.56. The number of carbonyl (C=O) groups excluding carboxylic acids is 1. The van der Waals surface area contributed by atoms with Crippen LogP contribution < -0.4 is 0 Å².